The molecular weight excluding hydrogens is 577 g/mol. The highest BCUT2D eigenvalue weighted by Gasteiger charge is 2.25. The molecule has 0 fully saturated rings. The highest BCUT2D eigenvalue weighted by Crippen LogP contribution is 2.52. The number of hydrogen-bond donors (Lipinski definition) is 0. The second kappa shape index (κ2) is 8.76. The van der Waals surface area contributed by atoms with Crippen molar-refractivity contribution in [1.82, 2.24) is 0 Å². The first-order chi connectivity index (χ1) is 23.8. The molecule has 0 nitrogen and oxygen atoms in total. The fourth-order valence-electron chi connectivity index (χ4n) is 9.25. The first-order valence-electron chi connectivity index (χ1n) is 16.8. The zero-order chi connectivity index (χ0) is 31.1. The van der Waals surface area contributed by atoms with Gasteiger partial charge in [-0.25, -0.2) is 0 Å². The van der Waals surface area contributed by atoms with Crippen LogP contribution in [0.5, 0.6) is 0 Å². The van der Waals surface area contributed by atoms with Gasteiger partial charge in [-0.15, -0.1) is 0 Å². The van der Waals surface area contributed by atoms with Crippen molar-refractivity contribution in [3.63, 3.8) is 0 Å². The van der Waals surface area contributed by atoms with Gasteiger partial charge in [0.05, 0.1) is 0 Å². The van der Waals surface area contributed by atoms with Crippen molar-refractivity contribution in [3.8, 4) is 44.5 Å². The molecule has 0 radical (unpaired) electrons. The van der Waals surface area contributed by atoms with Crippen LogP contribution in [-0.4, -0.2) is 0 Å². The summed E-state index contributed by atoms with van der Waals surface area (Å²) < 4.78 is 0. The van der Waals surface area contributed by atoms with Gasteiger partial charge in [0.2, 0.25) is 0 Å². The van der Waals surface area contributed by atoms with Gasteiger partial charge in [0, 0.05) is 0 Å². The summed E-state index contributed by atoms with van der Waals surface area (Å²) in [6.45, 7) is 0. The van der Waals surface area contributed by atoms with E-state index in [1.807, 2.05) is 0 Å². The van der Waals surface area contributed by atoms with Crippen molar-refractivity contribution < 1.29 is 0 Å². The molecule has 0 atom stereocenters. The van der Waals surface area contributed by atoms with Crippen LogP contribution in [0.4, 0.5) is 0 Å². The third-order valence-electron chi connectivity index (χ3n) is 11.3. The number of fused-ring (bicyclic) bond motifs is 3. The maximum Gasteiger partial charge on any atom is -0.00201 e. The van der Waals surface area contributed by atoms with Gasteiger partial charge in [0.25, 0.3) is 0 Å². The molecule has 0 aromatic heterocycles. The number of hydrogen-bond acceptors (Lipinski definition) is 0. The molecule has 0 N–H and O–H groups in total. The minimum atomic E-state index is 1.27. The van der Waals surface area contributed by atoms with Crippen LogP contribution in [0.1, 0.15) is 0 Å². The highest BCUT2D eigenvalue weighted by atomic mass is 14.3. The summed E-state index contributed by atoms with van der Waals surface area (Å²) in [5, 5.41) is 18.6. The van der Waals surface area contributed by atoms with Gasteiger partial charge in [0.15, 0.2) is 0 Å². The molecule has 0 unspecified atom stereocenters. The first kappa shape index (κ1) is 24.9. The molecular formula is C48H26. The third-order valence-corrected chi connectivity index (χ3v) is 11.3. The second-order valence-electron chi connectivity index (χ2n) is 13.6. The molecule has 1 aliphatic carbocycles. The molecule has 48 heavy (non-hydrogen) atoms. The van der Waals surface area contributed by atoms with Crippen molar-refractivity contribution in [2.45, 2.75) is 0 Å². The Bertz CT molecular complexity index is 3160. The van der Waals surface area contributed by atoms with Crippen LogP contribution < -0.4 is 0 Å². The number of rotatable bonds is 2. The minimum absolute atomic E-state index is 1.27. The summed E-state index contributed by atoms with van der Waals surface area (Å²) in [5.74, 6) is 0. The van der Waals surface area contributed by atoms with E-state index in [1.165, 1.54) is 120 Å². The molecule has 11 aromatic rings. The van der Waals surface area contributed by atoms with E-state index in [9.17, 15) is 0 Å². The van der Waals surface area contributed by atoms with Crippen molar-refractivity contribution >= 4 is 75.4 Å². The molecule has 0 aliphatic heterocycles. The summed E-state index contributed by atoms with van der Waals surface area (Å²) >= 11 is 0. The summed E-state index contributed by atoms with van der Waals surface area (Å²) in [6.07, 6.45) is 0. The van der Waals surface area contributed by atoms with Gasteiger partial charge in [-0.3, -0.25) is 0 Å². The van der Waals surface area contributed by atoms with Crippen LogP contribution in [0.15, 0.2) is 158 Å². The Kier molecular flexibility index (Phi) is 4.55. The summed E-state index contributed by atoms with van der Waals surface area (Å²) in [5.41, 5.74) is 10.5. The summed E-state index contributed by atoms with van der Waals surface area (Å²) in [7, 11) is 0. The Labute approximate surface area is 276 Å². The van der Waals surface area contributed by atoms with Crippen LogP contribution in [0.25, 0.3) is 120 Å². The van der Waals surface area contributed by atoms with Gasteiger partial charge in [-0.2, -0.15) is 0 Å². The lowest BCUT2D eigenvalue weighted by molar-refractivity contribution is 1.66. The predicted octanol–water partition coefficient (Wildman–Crippen LogP) is 13.6. The molecule has 11 aromatic carbocycles. The predicted molar refractivity (Wildman–Crippen MR) is 207 cm³/mol. The molecule has 0 bridgehead atoms. The van der Waals surface area contributed by atoms with E-state index in [-0.39, 0.29) is 0 Å². The van der Waals surface area contributed by atoms with Gasteiger partial charge < -0.3 is 0 Å². The van der Waals surface area contributed by atoms with Crippen LogP contribution >= 0.6 is 0 Å². The smallest absolute Gasteiger partial charge is 0.00201 e. The zero-order valence-corrected chi connectivity index (χ0v) is 26.0. The summed E-state index contributed by atoms with van der Waals surface area (Å²) in [6, 6.07) is 59.6. The molecule has 0 amide bonds. The van der Waals surface area contributed by atoms with Crippen LogP contribution in [0.3, 0.4) is 0 Å². The fraction of sp³-hybridized carbons (Fsp3) is 0. The maximum atomic E-state index is 2.44. The Balaban J connectivity index is 1.10. The number of benzene rings is 11. The van der Waals surface area contributed by atoms with Crippen molar-refractivity contribution in [3.05, 3.63) is 158 Å². The van der Waals surface area contributed by atoms with E-state index in [0.29, 0.717) is 0 Å². The largest absolute Gasteiger partial charge is 0.0610 e. The normalized spacial score (nSPS) is 12.6. The lowest BCUT2D eigenvalue weighted by atomic mass is 9.87. The Morgan fingerprint density at radius 1 is 0.208 bits per heavy atom. The SMILES string of the molecule is c1cc2ccc3cccc4c(-c5ccc6c(c5)-c5cccc7c(-c8cc9cccc%10ccc%11cccc8c%11c%109)ccc-6c57)cc(c1)c2c34. The van der Waals surface area contributed by atoms with Crippen molar-refractivity contribution in [2.24, 2.45) is 0 Å². The van der Waals surface area contributed by atoms with Gasteiger partial charge in [-0.1, -0.05) is 140 Å². The van der Waals surface area contributed by atoms with Crippen LogP contribution in [-0.2, 0) is 0 Å². The van der Waals surface area contributed by atoms with E-state index in [4.69, 9.17) is 0 Å². The molecule has 12 rings (SSSR count). The quantitative estimate of drug-likeness (QED) is 0.173. The fourth-order valence-corrected chi connectivity index (χ4v) is 9.25. The molecule has 0 spiro atoms. The van der Waals surface area contributed by atoms with E-state index in [1.54, 1.807) is 0 Å². The van der Waals surface area contributed by atoms with Crippen LogP contribution in [0.2, 0.25) is 0 Å². The maximum absolute atomic E-state index is 2.44. The molecule has 1 aliphatic rings. The molecule has 0 saturated carbocycles. The van der Waals surface area contributed by atoms with Crippen molar-refractivity contribution in [2.75, 3.05) is 0 Å². The van der Waals surface area contributed by atoms with E-state index >= 15 is 0 Å². The lowest BCUT2D eigenvalue weighted by Crippen LogP contribution is -1.89. The van der Waals surface area contributed by atoms with Crippen molar-refractivity contribution in [1.29, 1.82) is 0 Å². The summed E-state index contributed by atoms with van der Waals surface area (Å²) in [4.78, 5) is 0. The first-order valence-corrected chi connectivity index (χ1v) is 16.8. The standard InChI is InChI=1S/C48H26/c1-6-27-16-18-29-8-3-12-37-41(25-32(10-1)44(27)46(29)37)31-20-21-34-40-23-22-35(36-14-5-15-39(48(36)40)42(34)24-31)43-26-33-11-2-7-28-17-19-30-9-4-13-38(43)47(30)45(28)33/h1-26H. The minimum Gasteiger partial charge on any atom is -0.0610 e. The molecule has 0 heteroatoms. The zero-order valence-electron chi connectivity index (χ0n) is 26.0. The van der Waals surface area contributed by atoms with Crippen LogP contribution in [0, 0.1) is 0 Å². The topological polar surface area (TPSA) is 0 Å². The molecule has 0 heterocycles. The van der Waals surface area contributed by atoms with E-state index < -0.39 is 0 Å². The Hall–Kier alpha value is -6.24. The average Bonchev–Trinajstić information content (AvgIpc) is 3.47. The average molecular weight is 603 g/mol. The molecule has 218 valence electrons. The third kappa shape index (κ3) is 3.06. The lowest BCUT2D eigenvalue weighted by Gasteiger charge is -2.16. The molecule has 0 saturated heterocycles. The van der Waals surface area contributed by atoms with Gasteiger partial charge in [-0.05, 0) is 138 Å². The van der Waals surface area contributed by atoms with E-state index in [2.05, 4.69) is 158 Å². The second-order valence-corrected chi connectivity index (χ2v) is 13.6. The Morgan fingerprint density at radius 2 is 0.667 bits per heavy atom. The van der Waals surface area contributed by atoms with E-state index in [0.717, 1.165) is 0 Å². The monoisotopic (exact) mass is 602 g/mol. The Morgan fingerprint density at radius 3 is 1.33 bits per heavy atom. The van der Waals surface area contributed by atoms with Gasteiger partial charge in [0.1, 0.15) is 0 Å². The van der Waals surface area contributed by atoms with Gasteiger partial charge >= 0.3 is 0 Å². The highest BCUT2D eigenvalue weighted by molar-refractivity contribution is 6.29.